The van der Waals surface area contributed by atoms with Gasteiger partial charge in [-0.3, -0.25) is 4.98 Å². The zero-order valence-corrected chi connectivity index (χ0v) is 8.24. The van der Waals surface area contributed by atoms with Crippen molar-refractivity contribution in [2.45, 2.75) is 18.1 Å². The molecule has 0 amide bonds. The van der Waals surface area contributed by atoms with Crippen molar-refractivity contribution >= 4 is 23.4 Å². The molecule has 3 nitrogen and oxygen atoms in total. The molecule has 0 fully saturated rings. The van der Waals surface area contributed by atoms with Crippen LogP contribution in [0, 0.1) is 0 Å². The van der Waals surface area contributed by atoms with Crippen molar-refractivity contribution in [2.75, 3.05) is 5.75 Å². The van der Waals surface area contributed by atoms with Gasteiger partial charge in [0.1, 0.15) is 5.76 Å². The van der Waals surface area contributed by atoms with Gasteiger partial charge in [-0.25, -0.2) is 4.79 Å². The molecule has 0 aliphatic rings. The first kappa shape index (κ1) is 9.74. The van der Waals surface area contributed by atoms with Crippen LogP contribution in [0.15, 0.2) is 15.4 Å². The molecular formula is C7H10ClNO2S. The van der Waals surface area contributed by atoms with Gasteiger partial charge in [-0.05, 0) is 6.92 Å². The van der Waals surface area contributed by atoms with Crippen LogP contribution in [0.3, 0.4) is 0 Å². The van der Waals surface area contributed by atoms with Gasteiger partial charge in [0.25, 0.3) is 0 Å². The molecule has 12 heavy (non-hydrogen) atoms. The molecule has 1 N–H and O–H groups in total. The second kappa shape index (κ2) is 4.62. The van der Waals surface area contributed by atoms with Gasteiger partial charge in [0.15, 0.2) is 0 Å². The van der Waals surface area contributed by atoms with Gasteiger partial charge in [-0.1, -0.05) is 0 Å². The third kappa shape index (κ3) is 3.36. The largest absolute Gasteiger partial charge is 0.416 e. The molecule has 1 atom stereocenters. The van der Waals surface area contributed by atoms with Crippen molar-refractivity contribution < 1.29 is 4.42 Å². The van der Waals surface area contributed by atoms with Crippen molar-refractivity contribution in [1.29, 1.82) is 0 Å². The van der Waals surface area contributed by atoms with Gasteiger partial charge >= 0.3 is 5.76 Å². The van der Waals surface area contributed by atoms with E-state index in [9.17, 15) is 4.79 Å². The predicted octanol–water partition coefficient (Wildman–Crippen LogP) is 1.83. The standard InChI is InChI=1S/C7H10ClNO2S/c1-5(8)3-12-4-6-2-9-7(10)11-6/h2,5H,3-4H2,1H3,(H,9,10). The molecule has 68 valence electrons. The first-order valence-corrected chi connectivity index (χ1v) is 5.17. The average Bonchev–Trinajstić information content (AvgIpc) is 2.35. The highest BCUT2D eigenvalue weighted by molar-refractivity contribution is 7.98. The van der Waals surface area contributed by atoms with E-state index in [0.717, 1.165) is 5.75 Å². The lowest BCUT2D eigenvalue weighted by Gasteiger charge is -1.99. The molecule has 0 spiro atoms. The Bertz CT molecular complexity index is 281. The van der Waals surface area contributed by atoms with E-state index < -0.39 is 5.76 Å². The first-order chi connectivity index (χ1) is 5.68. The second-order valence-corrected chi connectivity index (χ2v) is 4.22. The van der Waals surface area contributed by atoms with E-state index in [1.807, 2.05) is 6.92 Å². The highest BCUT2D eigenvalue weighted by atomic mass is 35.5. The van der Waals surface area contributed by atoms with E-state index in [-0.39, 0.29) is 5.38 Å². The van der Waals surface area contributed by atoms with Crippen molar-refractivity contribution in [2.24, 2.45) is 0 Å². The molecular weight excluding hydrogens is 198 g/mol. The van der Waals surface area contributed by atoms with E-state index in [1.165, 1.54) is 0 Å². The lowest BCUT2D eigenvalue weighted by molar-refractivity contribution is 0.485. The quantitative estimate of drug-likeness (QED) is 0.767. The summed E-state index contributed by atoms with van der Waals surface area (Å²) in [5.74, 6) is 1.82. The van der Waals surface area contributed by atoms with Gasteiger partial charge in [0, 0.05) is 17.3 Å². The van der Waals surface area contributed by atoms with Crippen molar-refractivity contribution in [3.63, 3.8) is 0 Å². The van der Waals surface area contributed by atoms with Crippen molar-refractivity contribution in [1.82, 2.24) is 4.98 Å². The fraction of sp³-hybridized carbons (Fsp3) is 0.571. The molecule has 0 radical (unpaired) electrons. The van der Waals surface area contributed by atoms with Gasteiger partial charge in [-0.2, -0.15) is 11.8 Å². The lowest BCUT2D eigenvalue weighted by Crippen LogP contribution is -1.95. The van der Waals surface area contributed by atoms with Crippen LogP contribution in [0.1, 0.15) is 12.7 Å². The molecule has 1 unspecified atom stereocenters. The van der Waals surface area contributed by atoms with E-state index >= 15 is 0 Å². The third-order valence-corrected chi connectivity index (χ3v) is 2.73. The third-order valence-electron chi connectivity index (χ3n) is 1.17. The Balaban J connectivity index is 2.29. The smallest absolute Gasteiger partial charge is 0.412 e. The van der Waals surface area contributed by atoms with Gasteiger partial charge in [0.2, 0.25) is 0 Å². The summed E-state index contributed by atoms with van der Waals surface area (Å²) in [4.78, 5) is 13.0. The number of hydrogen-bond donors (Lipinski definition) is 1. The number of aromatic amines is 1. The topological polar surface area (TPSA) is 46.0 Å². The molecule has 1 aromatic heterocycles. The summed E-state index contributed by atoms with van der Waals surface area (Å²) in [6, 6.07) is 0. The summed E-state index contributed by atoms with van der Waals surface area (Å²) < 4.78 is 4.79. The summed E-state index contributed by atoms with van der Waals surface area (Å²) >= 11 is 7.37. The Morgan fingerprint density at radius 1 is 1.83 bits per heavy atom. The molecule has 1 aromatic rings. The number of rotatable bonds is 4. The number of hydrogen-bond acceptors (Lipinski definition) is 3. The molecule has 0 bridgehead atoms. The molecule has 1 heterocycles. The van der Waals surface area contributed by atoms with E-state index in [4.69, 9.17) is 16.0 Å². The average molecular weight is 208 g/mol. The Kier molecular flexibility index (Phi) is 3.75. The van der Waals surface area contributed by atoms with Crippen molar-refractivity contribution in [3.05, 3.63) is 22.5 Å². The van der Waals surface area contributed by atoms with Crippen LogP contribution in [0.4, 0.5) is 0 Å². The van der Waals surface area contributed by atoms with Crippen LogP contribution in [0.2, 0.25) is 0 Å². The zero-order chi connectivity index (χ0) is 8.97. The Morgan fingerprint density at radius 3 is 3.08 bits per heavy atom. The van der Waals surface area contributed by atoms with Crippen LogP contribution < -0.4 is 5.76 Å². The Labute approximate surface area is 79.5 Å². The summed E-state index contributed by atoms with van der Waals surface area (Å²) in [7, 11) is 0. The summed E-state index contributed by atoms with van der Waals surface area (Å²) in [6.45, 7) is 1.93. The van der Waals surface area contributed by atoms with Gasteiger partial charge < -0.3 is 4.42 Å². The molecule has 5 heteroatoms. The minimum Gasteiger partial charge on any atom is -0.412 e. The van der Waals surface area contributed by atoms with Crippen LogP contribution in [0.25, 0.3) is 0 Å². The Hall–Kier alpha value is -0.350. The van der Waals surface area contributed by atoms with E-state index in [0.29, 0.717) is 11.5 Å². The first-order valence-electron chi connectivity index (χ1n) is 3.57. The molecule has 1 rings (SSSR count). The molecule has 0 aliphatic carbocycles. The SMILES string of the molecule is CC(Cl)CSCc1c[nH]c(=O)o1. The van der Waals surface area contributed by atoms with E-state index in [1.54, 1.807) is 18.0 Å². The van der Waals surface area contributed by atoms with Gasteiger partial charge in [0.05, 0.1) is 5.75 Å². The number of H-pyrrole nitrogens is 1. The fourth-order valence-electron chi connectivity index (χ4n) is 0.710. The molecule has 0 saturated carbocycles. The maximum Gasteiger partial charge on any atom is 0.416 e. The van der Waals surface area contributed by atoms with Crippen molar-refractivity contribution in [3.8, 4) is 0 Å². The summed E-state index contributed by atoms with van der Waals surface area (Å²) in [5.41, 5.74) is 0. The highest BCUT2D eigenvalue weighted by Gasteiger charge is 2.00. The number of oxazole rings is 1. The number of alkyl halides is 1. The Morgan fingerprint density at radius 2 is 2.58 bits per heavy atom. The number of thioether (sulfide) groups is 1. The number of halogens is 1. The maximum atomic E-state index is 10.5. The molecule has 0 aliphatic heterocycles. The lowest BCUT2D eigenvalue weighted by atomic mass is 10.6. The van der Waals surface area contributed by atoms with Crippen LogP contribution in [-0.2, 0) is 5.75 Å². The molecule has 0 saturated heterocycles. The van der Waals surface area contributed by atoms with Gasteiger partial charge in [-0.15, -0.1) is 11.6 Å². The summed E-state index contributed by atoms with van der Waals surface area (Å²) in [5, 5.41) is 0.153. The molecule has 0 aromatic carbocycles. The second-order valence-electron chi connectivity index (χ2n) is 2.44. The minimum atomic E-state index is -0.399. The predicted molar refractivity (Wildman–Crippen MR) is 50.8 cm³/mol. The van der Waals surface area contributed by atoms with Crippen LogP contribution in [0.5, 0.6) is 0 Å². The number of nitrogens with one attached hydrogen (secondary N) is 1. The number of aromatic nitrogens is 1. The zero-order valence-electron chi connectivity index (χ0n) is 6.67. The monoisotopic (exact) mass is 207 g/mol. The minimum absolute atomic E-state index is 0.153. The fourth-order valence-corrected chi connectivity index (χ4v) is 1.76. The highest BCUT2D eigenvalue weighted by Crippen LogP contribution is 2.13. The summed E-state index contributed by atoms with van der Waals surface area (Å²) in [6.07, 6.45) is 1.58. The maximum absolute atomic E-state index is 10.5. The van der Waals surface area contributed by atoms with E-state index in [2.05, 4.69) is 4.98 Å². The van der Waals surface area contributed by atoms with Crippen LogP contribution in [-0.4, -0.2) is 16.1 Å². The normalized spacial score (nSPS) is 13.2. The van der Waals surface area contributed by atoms with Crippen LogP contribution >= 0.6 is 23.4 Å².